The topological polar surface area (TPSA) is 199 Å². The minimum absolute atomic E-state index is 0.117. The van der Waals surface area contributed by atoms with Gasteiger partial charge in [-0.15, -0.1) is 0 Å². The van der Waals surface area contributed by atoms with E-state index in [-0.39, 0.29) is 37.1 Å². The molecule has 3 aromatic carbocycles. The lowest BCUT2D eigenvalue weighted by molar-refractivity contribution is -0.128. The molecule has 0 aliphatic carbocycles. The Hall–Kier alpha value is -5.41. The number of primary amides is 1. The van der Waals surface area contributed by atoms with E-state index in [0.29, 0.717) is 17.7 Å². The first-order chi connectivity index (χ1) is 26.8. The molecule has 7 N–H and O–H groups in total. The number of amides is 6. The molecular formula is C42H60N6O8Si. The highest BCUT2D eigenvalue weighted by molar-refractivity contribution is 6.99. The van der Waals surface area contributed by atoms with Gasteiger partial charge in [-0.25, -0.2) is 14.4 Å². The summed E-state index contributed by atoms with van der Waals surface area (Å²) in [6.07, 6.45) is -0.966. The molecule has 0 unspecified atom stereocenters. The number of benzene rings is 3. The SMILES string of the molecule is CNC(=O)OCc1cc(NC(=O)[C@H](CCCNC(N)=O)NC(=O)[C@@H](NC(=O)OC(C)(C)C)C(C)C)ccc1CO[Si](c1ccccc1)(c1ccccc1)C(C)(C)C. The van der Waals surface area contributed by atoms with E-state index in [2.05, 4.69) is 71.6 Å². The minimum atomic E-state index is -2.94. The minimum Gasteiger partial charge on any atom is -0.445 e. The van der Waals surface area contributed by atoms with E-state index >= 15 is 0 Å². The van der Waals surface area contributed by atoms with Crippen molar-refractivity contribution in [3.63, 3.8) is 0 Å². The summed E-state index contributed by atoms with van der Waals surface area (Å²) in [7, 11) is -1.47. The van der Waals surface area contributed by atoms with Crippen LogP contribution < -0.4 is 42.7 Å². The predicted molar refractivity (Wildman–Crippen MR) is 223 cm³/mol. The van der Waals surface area contributed by atoms with Crippen molar-refractivity contribution in [3.05, 3.63) is 90.0 Å². The molecule has 6 amide bonds. The molecule has 0 saturated carbocycles. The second kappa shape index (κ2) is 20.7. The number of ether oxygens (including phenoxy) is 2. The number of nitrogens with one attached hydrogen (secondary N) is 5. The number of rotatable bonds is 17. The number of anilines is 1. The highest BCUT2D eigenvalue weighted by Crippen LogP contribution is 2.37. The second-order valence-corrected chi connectivity index (χ2v) is 20.4. The van der Waals surface area contributed by atoms with E-state index < -0.39 is 56.0 Å². The Labute approximate surface area is 337 Å². The maximum absolute atomic E-state index is 13.9. The molecule has 15 heteroatoms. The van der Waals surface area contributed by atoms with Crippen LogP contribution in [0.25, 0.3) is 0 Å². The zero-order valence-corrected chi connectivity index (χ0v) is 35.6. The van der Waals surface area contributed by atoms with Crippen molar-refractivity contribution in [1.82, 2.24) is 21.3 Å². The number of nitrogens with two attached hydrogens (primary N) is 1. The summed E-state index contributed by atoms with van der Waals surface area (Å²) >= 11 is 0. The number of hydrogen-bond donors (Lipinski definition) is 6. The third-order valence-corrected chi connectivity index (χ3v) is 14.1. The molecule has 2 atom stereocenters. The quantitative estimate of drug-likeness (QED) is 0.0806. The molecule has 3 aromatic rings. The number of urea groups is 1. The van der Waals surface area contributed by atoms with E-state index in [1.165, 1.54) is 7.05 Å². The first-order valence-corrected chi connectivity index (χ1v) is 21.0. The van der Waals surface area contributed by atoms with Crippen LogP contribution in [0.3, 0.4) is 0 Å². The normalized spacial score (nSPS) is 12.8. The first kappa shape index (κ1) is 46.0. The maximum atomic E-state index is 13.9. The fourth-order valence-corrected chi connectivity index (χ4v) is 10.9. The molecule has 0 spiro atoms. The molecule has 0 aromatic heterocycles. The Morgan fingerprint density at radius 2 is 1.35 bits per heavy atom. The Morgan fingerprint density at radius 1 is 0.754 bits per heavy atom. The summed E-state index contributed by atoms with van der Waals surface area (Å²) in [5, 5.41) is 15.2. The van der Waals surface area contributed by atoms with Crippen molar-refractivity contribution in [2.75, 3.05) is 18.9 Å². The molecule has 0 radical (unpaired) electrons. The smallest absolute Gasteiger partial charge is 0.408 e. The summed E-state index contributed by atoms with van der Waals surface area (Å²) < 4.78 is 18.0. The standard InChI is InChI=1S/C42H60N6O8Si/c1-28(2)35(48-40(53)56-41(3,4)5)37(50)47-34(21-16-24-45-38(43)51)36(49)46-31-23-22-29(30(25-31)26-54-39(52)44-9)27-55-57(42(6,7)8,32-17-12-10-13-18-32)33-19-14-11-15-20-33/h10-15,17-20,22-23,25,28,34-35H,16,21,24,26-27H2,1-9H3,(H,44,52)(H,46,49)(H,47,50)(H,48,53)(H3,43,45,51)/t34-,35-/m0/s1. The molecule has 57 heavy (non-hydrogen) atoms. The fourth-order valence-electron chi connectivity index (χ4n) is 6.39. The first-order valence-electron chi connectivity index (χ1n) is 19.1. The van der Waals surface area contributed by atoms with Crippen molar-refractivity contribution in [3.8, 4) is 0 Å². The monoisotopic (exact) mass is 804 g/mol. The number of carbonyl (C=O) groups excluding carboxylic acids is 5. The van der Waals surface area contributed by atoms with E-state index in [9.17, 15) is 24.0 Å². The Bertz CT molecular complexity index is 1770. The lowest BCUT2D eigenvalue weighted by atomic mass is 10.0. The number of carbonyl (C=O) groups is 5. The third kappa shape index (κ3) is 13.6. The molecule has 0 bridgehead atoms. The van der Waals surface area contributed by atoms with Gasteiger partial charge in [0.1, 0.15) is 24.3 Å². The van der Waals surface area contributed by atoms with Gasteiger partial charge in [0.25, 0.3) is 8.32 Å². The second-order valence-electron chi connectivity index (χ2n) is 16.1. The zero-order chi connectivity index (χ0) is 42.4. The summed E-state index contributed by atoms with van der Waals surface area (Å²) in [6.45, 7) is 15.4. The van der Waals surface area contributed by atoms with Crippen LogP contribution in [0.4, 0.5) is 20.1 Å². The van der Waals surface area contributed by atoms with E-state index in [0.717, 1.165) is 15.9 Å². The fraction of sp³-hybridized carbons (Fsp3) is 0.452. The molecule has 310 valence electrons. The molecule has 3 rings (SSSR count). The molecule has 0 aliphatic heterocycles. The highest BCUT2D eigenvalue weighted by atomic mass is 28.4. The Morgan fingerprint density at radius 3 is 1.86 bits per heavy atom. The van der Waals surface area contributed by atoms with Gasteiger partial charge in [-0.2, -0.15) is 0 Å². The van der Waals surface area contributed by atoms with E-state index in [1.54, 1.807) is 46.8 Å². The largest absolute Gasteiger partial charge is 0.445 e. The summed E-state index contributed by atoms with van der Waals surface area (Å²) in [5.74, 6) is -1.48. The number of hydrogen-bond acceptors (Lipinski definition) is 8. The summed E-state index contributed by atoms with van der Waals surface area (Å²) in [6, 6.07) is 22.9. The molecule has 0 fully saturated rings. The average molecular weight is 805 g/mol. The van der Waals surface area contributed by atoms with Gasteiger partial charge < -0.3 is 46.2 Å². The van der Waals surface area contributed by atoms with Gasteiger partial charge in [0.15, 0.2) is 0 Å². The van der Waals surface area contributed by atoms with Crippen LogP contribution in [0.1, 0.15) is 79.4 Å². The zero-order valence-electron chi connectivity index (χ0n) is 34.6. The van der Waals surface area contributed by atoms with Crippen LogP contribution in [0, 0.1) is 5.92 Å². The van der Waals surface area contributed by atoms with Gasteiger partial charge in [0.05, 0.1) is 6.61 Å². The van der Waals surface area contributed by atoms with E-state index in [4.69, 9.17) is 19.6 Å². The van der Waals surface area contributed by atoms with Gasteiger partial charge in [-0.1, -0.05) is 101 Å². The Kier molecular flexibility index (Phi) is 16.7. The van der Waals surface area contributed by atoms with Gasteiger partial charge in [0, 0.05) is 19.3 Å². The molecule has 0 saturated heterocycles. The predicted octanol–water partition coefficient (Wildman–Crippen LogP) is 5.04. The van der Waals surface area contributed by atoms with Crippen molar-refractivity contribution < 1.29 is 37.9 Å². The van der Waals surface area contributed by atoms with Crippen LogP contribution >= 0.6 is 0 Å². The van der Waals surface area contributed by atoms with Crippen LogP contribution in [-0.2, 0) is 36.7 Å². The van der Waals surface area contributed by atoms with Crippen LogP contribution in [0.2, 0.25) is 5.04 Å². The lowest BCUT2D eigenvalue weighted by Crippen LogP contribution is -2.66. The van der Waals surface area contributed by atoms with Crippen LogP contribution in [-0.4, -0.2) is 69.6 Å². The van der Waals surface area contributed by atoms with Crippen molar-refractivity contribution in [2.24, 2.45) is 11.7 Å². The van der Waals surface area contributed by atoms with Crippen molar-refractivity contribution in [1.29, 1.82) is 0 Å². The lowest BCUT2D eigenvalue weighted by Gasteiger charge is -2.43. The van der Waals surface area contributed by atoms with Crippen LogP contribution in [0.5, 0.6) is 0 Å². The molecule has 0 aliphatic rings. The van der Waals surface area contributed by atoms with Crippen LogP contribution in [0.15, 0.2) is 78.9 Å². The van der Waals surface area contributed by atoms with Gasteiger partial charge in [0.2, 0.25) is 11.8 Å². The highest BCUT2D eigenvalue weighted by Gasteiger charge is 2.50. The molecular weight excluding hydrogens is 745 g/mol. The van der Waals surface area contributed by atoms with Gasteiger partial charge in [-0.05, 0) is 78.2 Å². The maximum Gasteiger partial charge on any atom is 0.408 e. The number of alkyl carbamates (subject to hydrolysis) is 2. The third-order valence-electron chi connectivity index (χ3n) is 9.12. The summed E-state index contributed by atoms with van der Waals surface area (Å²) in [5.41, 5.74) is 6.17. The van der Waals surface area contributed by atoms with E-state index in [1.807, 2.05) is 42.5 Å². The van der Waals surface area contributed by atoms with Crippen molar-refractivity contribution >= 4 is 54.4 Å². The van der Waals surface area contributed by atoms with Gasteiger partial charge >= 0.3 is 18.2 Å². The summed E-state index contributed by atoms with van der Waals surface area (Å²) in [4.78, 5) is 63.6. The van der Waals surface area contributed by atoms with Gasteiger partial charge in [-0.3, -0.25) is 9.59 Å². The van der Waals surface area contributed by atoms with Crippen molar-refractivity contribution in [2.45, 2.75) is 104 Å². The average Bonchev–Trinajstić information content (AvgIpc) is 3.14. The molecule has 0 heterocycles. The molecule has 14 nitrogen and oxygen atoms in total. The Balaban J connectivity index is 1.96.